The Labute approximate surface area is 96.9 Å². The maximum Gasteiger partial charge on any atom is 0.410 e. The molecule has 16 heavy (non-hydrogen) atoms. The Morgan fingerprint density at radius 3 is 2.81 bits per heavy atom. The minimum atomic E-state index is -0.453. The molecule has 1 rings (SSSR count). The van der Waals surface area contributed by atoms with E-state index >= 15 is 0 Å². The van der Waals surface area contributed by atoms with Crippen LogP contribution in [-0.4, -0.2) is 40.9 Å². The van der Waals surface area contributed by atoms with E-state index in [0.29, 0.717) is 0 Å². The number of likely N-dealkylation sites (tertiary alicyclic amines) is 1. The highest BCUT2D eigenvalue weighted by molar-refractivity contribution is 5.69. The van der Waals surface area contributed by atoms with Gasteiger partial charge in [-0.1, -0.05) is 12.2 Å². The second-order valence-electron chi connectivity index (χ2n) is 4.99. The Bertz CT molecular complexity index is 268. The topological polar surface area (TPSA) is 49.8 Å². The number of hydrogen-bond acceptors (Lipinski definition) is 3. The van der Waals surface area contributed by atoms with Crippen molar-refractivity contribution >= 4 is 6.09 Å². The van der Waals surface area contributed by atoms with Gasteiger partial charge in [0.25, 0.3) is 0 Å². The normalized spacial score (nSPS) is 21.8. The molecule has 1 fully saturated rings. The summed E-state index contributed by atoms with van der Waals surface area (Å²) in [7, 11) is 0. The molecule has 92 valence electrons. The molecule has 0 aromatic carbocycles. The molecule has 4 nitrogen and oxygen atoms in total. The highest BCUT2D eigenvalue weighted by atomic mass is 16.6. The summed E-state index contributed by atoms with van der Waals surface area (Å²) in [6.07, 6.45) is 5.21. The molecule has 4 heteroatoms. The first-order valence-corrected chi connectivity index (χ1v) is 5.71. The first-order valence-electron chi connectivity index (χ1n) is 5.71. The summed E-state index contributed by atoms with van der Waals surface area (Å²) >= 11 is 0. The van der Waals surface area contributed by atoms with Gasteiger partial charge in [0.2, 0.25) is 0 Å². The van der Waals surface area contributed by atoms with E-state index in [0.717, 1.165) is 19.4 Å². The SMILES string of the molecule is CC(C)(C)OC(=O)N1CCCC1C=CCO. The average molecular weight is 227 g/mol. The first-order chi connectivity index (χ1) is 7.44. The molecular weight excluding hydrogens is 206 g/mol. The molecule has 1 unspecified atom stereocenters. The van der Waals surface area contributed by atoms with Crippen molar-refractivity contribution in [3.8, 4) is 0 Å². The lowest BCUT2D eigenvalue weighted by atomic mass is 10.2. The van der Waals surface area contributed by atoms with Crippen LogP contribution in [0.1, 0.15) is 33.6 Å². The standard InChI is InChI=1S/C12H21NO3/c1-12(2,3)16-11(15)13-8-4-6-10(13)7-5-9-14/h5,7,10,14H,4,6,8-9H2,1-3H3. The molecule has 1 aliphatic rings. The van der Waals surface area contributed by atoms with Crippen molar-refractivity contribution in [2.45, 2.75) is 45.3 Å². The van der Waals surface area contributed by atoms with Crippen LogP contribution in [0.3, 0.4) is 0 Å². The van der Waals surface area contributed by atoms with Gasteiger partial charge in [-0.25, -0.2) is 4.79 Å². The van der Waals surface area contributed by atoms with E-state index in [1.165, 1.54) is 0 Å². The van der Waals surface area contributed by atoms with Gasteiger partial charge >= 0.3 is 6.09 Å². The van der Waals surface area contributed by atoms with Crippen molar-refractivity contribution in [2.24, 2.45) is 0 Å². The molecule has 1 N–H and O–H groups in total. The fourth-order valence-corrected chi connectivity index (χ4v) is 1.76. The number of rotatable bonds is 2. The van der Waals surface area contributed by atoms with Gasteiger partial charge in [-0.2, -0.15) is 0 Å². The number of ether oxygens (including phenoxy) is 1. The lowest BCUT2D eigenvalue weighted by Crippen LogP contribution is -2.39. The Hall–Kier alpha value is -1.03. The van der Waals surface area contributed by atoms with E-state index < -0.39 is 5.60 Å². The number of carbonyl (C=O) groups is 1. The molecule has 0 aromatic rings. The molecule has 0 bridgehead atoms. The largest absolute Gasteiger partial charge is 0.444 e. The molecule has 1 atom stereocenters. The van der Waals surface area contributed by atoms with Gasteiger partial charge in [0.1, 0.15) is 5.60 Å². The average Bonchev–Trinajstić information content (AvgIpc) is 2.59. The third kappa shape index (κ3) is 3.85. The van der Waals surface area contributed by atoms with E-state index in [-0.39, 0.29) is 18.7 Å². The number of aliphatic hydroxyl groups excluding tert-OH is 1. The van der Waals surface area contributed by atoms with Gasteiger partial charge in [0.05, 0.1) is 12.6 Å². The van der Waals surface area contributed by atoms with E-state index in [4.69, 9.17) is 9.84 Å². The quantitative estimate of drug-likeness (QED) is 0.733. The fraction of sp³-hybridized carbons (Fsp3) is 0.750. The lowest BCUT2D eigenvalue weighted by Gasteiger charge is -2.27. The summed E-state index contributed by atoms with van der Waals surface area (Å²) in [6, 6.07) is 0.0713. The second-order valence-corrected chi connectivity index (χ2v) is 4.99. The van der Waals surface area contributed by atoms with Crippen LogP contribution in [0.5, 0.6) is 0 Å². The minimum absolute atomic E-state index is 0.0126. The molecule has 1 heterocycles. The highest BCUT2D eigenvalue weighted by Crippen LogP contribution is 2.21. The maximum absolute atomic E-state index is 11.8. The van der Waals surface area contributed by atoms with Crippen LogP contribution < -0.4 is 0 Å². The monoisotopic (exact) mass is 227 g/mol. The molecule has 0 aromatic heterocycles. The Balaban J connectivity index is 2.57. The highest BCUT2D eigenvalue weighted by Gasteiger charge is 2.30. The van der Waals surface area contributed by atoms with Crippen molar-refractivity contribution in [1.82, 2.24) is 4.90 Å². The van der Waals surface area contributed by atoms with Gasteiger partial charge in [0, 0.05) is 6.54 Å². The molecule has 0 aliphatic carbocycles. The lowest BCUT2D eigenvalue weighted by molar-refractivity contribution is 0.0255. The van der Waals surface area contributed by atoms with Crippen molar-refractivity contribution in [2.75, 3.05) is 13.2 Å². The summed E-state index contributed by atoms with van der Waals surface area (Å²) in [5.41, 5.74) is -0.453. The number of carbonyl (C=O) groups excluding carboxylic acids is 1. The molecule has 1 amide bonds. The zero-order chi connectivity index (χ0) is 12.2. The first kappa shape index (κ1) is 13.0. The second kappa shape index (κ2) is 5.34. The minimum Gasteiger partial charge on any atom is -0.444 e. The van der Waals surface area contributed by atoms with Crippen molar-refractivity contribution in [3.63, 3.8) is 0 Å². The zero-order valence-corrected chi connectivity index (χ0v) is 10.3. The number of nitrogens with zero attached hydrogens (tertiary/aromatic N) is 1. The Kier molecular flexibility index (Phi) is 4.35. The van der Waals surface area contributed by atoms with Crippen LogP contribution >= 0.6 is 0 Å². The fourth-order valence-electron chi connectivity index (χ4n) is 1.76. The zero-order valence-electron chi connectivity index (χ0n) is 10.3. The molecule has 1 saturated heterocycles. The van der Waals surface area contributed by atoms with E-state index in [2.05, 4.69) is 0 Å². The third-order valence-electron chi connectivity index (χ3n) is 2.39. The van der Waals surface area contributed by atoms with Crippen LogP contribution in [0.15, 0.2) is 12.2 Å². The summed E-state index contributed by atoms with van der Waals surface area (Å²) < 4.78 is 5.32. The van der Waals surface area contributed by atoms with Crippen molar-refractivity contribution in [1.29, 1.82) is 0 Å². The summed E-state index contributed by atoms with van der Waals surface area (Å²) in [6.45, 7) is 6.33. The smallest absolute Gasteiger partial charge is 0.410 e. The third-order valence-corrected chi connectivity index (χ3v) is 2.39. The summed E-state index contributed by atoms with van der Waals surface area (Å²) in [5.74, 6) is 0. The van der Waals surface area contributed by atoms with Crippen molar-refractivity contribution < 1.29 is 14.6 Å². The molecular formula is C12H21NO3. The summed E-state index contributed by atoms with van der Waals surface area (Å²) in [4.78, 5) is 13.6. The predicted molar refractivity (Wildman–Crippen MR) is 62.2 cm³/mol. The van der Waals surface area contributed by atoms with Gasteiger partial charge in [-0.05, 0) is 33.6 Å². The van der Waals surface area contributed by atoms with Crippen molar-refractivity contribution in [3.05, 3.63) is 12.2 Å². The maximum atomic E-state index is 11.8. The Morgan fingerprint density at radius 2 is 2.25 bits per heavy atom. The Morgan fingerprint density at radius 1 is 1.56 bits per heavy atom. The molecule has 0 saturated carbocycles. The number of amides is 1. The number of hydrogen-bond donors (Lipinski definition) is 1. The van der Waals surface area contributed by atoms with Crippen LogP contribution in [0, 0.1) is 0 Å². The van der Waals surface area contributed by atoms with Crippen LogP contribution in [0.25, 0.3) is 0 Å². The van der Waals surface area contributed by atoms with Crippen LogP contribution in [0.4, 0.5) is 4.79 Å². The number of aliphatic hydroxyl groups is 1. The van der Waals surface area contributed by atoms with E-state index in [1.807, 2.05) is 26.8 Å². The molecule has 1 aliphatic heterocycles. The molecule has 0 spiro atoms. The molecule has 0 radical (unpaired) electrons. The van der Waals surface area contributed by atoms with Gasteiger partial charge in [0.15, 0.2) is 0 Å². The predicted octanol–water partition coefficient (Wildman–Crippen LogP) is 1.93. The summed E-state index contributed by atoms with van der Waals surface area (Å²) in [5, 5.41) is 8.72. The van der Waals surface area contributed by atoms with Crippen LogP contribution in [-0.2, 0) is 4.74 Å². The van der Waals surface area contributed by atoms with Crippen LogP contribution in [0.2, 0.25) is 0 Å². The van der Waals surface area contributed by atoms with Gasteiger partial charge in [-0.3, -0.25) is 0 Å². The van der Waals surface area contributed by atoms with E-state index in [9.17, 15) is 4.79 Å². The van der Waals surface area contributed by atoms with E-state index in [1.54, 1.807) is 11.0 Å². The van der Waals surface area contributed by atoms with Gasteiger partial charge < -0.3 is 14.7 Å². The van der Waals surface area contributed by atoms with Gasteiger partial charge in [-0.15, -0.1) is 0 Å².